The molecular formula is C19H24N2O3. The third kappa shape index (κ3) is 2.61. The molecule has 0 aliphatic carbocycles. The smallest absolute Gasteiger partial charge is 0.239 e. The van der Waals surface area contributed by atoms with Gasteiger partial charge in [0.2, 0.25) is 11.8 Å². The summed E-state index contributed by atoms with van der Waals surface area (Å²) in [5, 5.41) is 0. The van der Waals surface area contributed by atoms with Gasteiger partial charge in [0.05, 0.1) is 6.61 Å². The molecule has 3 fully saturated rings. The van der Waals surface area contributed by atoms with Crippen molar-refractivity contribution in [1.82, 2.24) is 4.90 Å². The standard InChI is InChI=1S/C19H24N2O3/c1-14-2-4-15(5-3-14)21-9-6-16(18(21)23)17(22)20-10-7-19(12-20)8-11-24-13-19/h2-5,16H,6-13H2,1H3/t16-,19-/m0/s1. The number of aryl methyl sites for hydroxylation is 1. The molecular weight excluding hydrogens is 304 g/mol. The lowest BCUT2D eigenvalue weighted by atomic mass is 9.87. The molecule has 1 spiro atoms. The Morgan fingerprint density at radius 2 is 2.00 bits per heavy atom. The minimum Gasteiger partial charge on any atom is -0.381 e. The molecule has 0 N–H and O–H groups in total. The second-order valence-corrected chi connectivity index (χ2v) is 7.48. The van der Waals surface area contributed by atoms with Crippen LogP contribution in [0.15, 0.2) is 24.3 Å². The summed E-state index contributed by atoms with van der Waals surface area (Å²) >= 11 is 0. The molecule has 5 nitrogen and oxygen atoms in total. The molecule has 5 heteroatoms. The van der Waals surface area contributed by atoms with Crippen molar-refractivity contribution >= 4 is 17.5 Å². The normalized spacial score (nSPS) is 29.9. The van der Waals surface area contributed by atoms with Crippen LogP contribution in [-0.2, 0) is 14.3 Å². The third-order valence-corrected chi connectivity index (χ3v) is 5.78. The minimum absolute atomic E-state index is 0.0124. The van der Waals surface area contributed by atoms with E-state index in [0.717, 1.165) is 44.8 Å². The van der Waals surface area contributed by atoms with Gasteiger partial charge in [-0.3, -0.25) is 9.59 Å². The van der Waals surface area contributed by atoms with Gasteiger partial charge in [-0.1, -0.05) is 17.7 Å². The molecule has 128 valence electrons. The van der Waals surface area contributed by atoms with Crippen LogP contribution in [0.5, 0.6) is 0 Å². The van der Waals surface area contributed by atoms with Crippen molar-refractivity contribution in [3.05, 3.63) is 29.8 Å². The van der Waals surface area contributed by atoms with E-state index >= 15 is 0 Å². The maximum Gasteiger partial charge on any atom is 0.239 e. The molecule has 4 rings (SSSR count). The first-order valence-electron chi connectivity index (χ1n) is 8.83. The average Bonchev–Trinajstić information content (AvgIpc) is 3.30. The molecule has 3 heterocycles. The lowest BCUT2D eigenvalue weighted by Gasteiger charge is -2.24. The summed E-state index contributed by atoms with van der Waals surface area (Å²) in [7, 11) is 0. The lowest BCUT2D eigenvalue weighted by molar-refractivity contribution is -0.139. The van der Waals surface area contributed by atoms with Gasteiger partial charge in [0.1, 0.15) is 5.92 Å². The molecule has 3 aliphatic rings. The molecule has 0 radical (unpaired) electrons. The highest BCUT2D eigenvalue weighted by Gasteiger charge is 2.46. The first-order valence-corrected chi connectivity index (χ1v) is 8.83. The molecule has 2 amide bonds. The third-order valence-electron chi connectivity index (χ3n) is 5.78. The zero-order chi connectivity index (χ0) is 16.7. The van der Waals surface area contributed by atoms with Crippen molar-refractivity contribution < 1.29 is 14.3 Å². The van der Waals surface area contributed by atoms with E-state index in [4.69, 9.17) is 4.74 Å². The van der Waals surface area contributed by atoms with Crippen molar-refractivity contribution in [2.24, 2.45) is 11.3 Å². The summed E-state index contributed by atoms with van der Waals surface area (Å²) in [6.45, 7) is 5.71. The van der Waals surface area contributed by atoms with Crippen molar-refractivity contribution in [3.8, 4) is 0 Å². The van der Waals surface area contributed by atoms with E-state index < -0.39 is 5.92 Å². The Morgan fingerprint density at radius 1 is 1.21 bits per heavy atom. The maximum absolute atomic E-state index is 12.9. The van der Waals surface area contributed by atoms with Gasteiger partial charge in [-0.25, -0.2) is 0 Å². The monoisotopic (exact) mass is 328 g/mol. The number of benzene rings is 1. The number of amides is 2. The number of rotatable bonds is 2. The van der Waals surface area contributed by atoms with Crippen molar-refractivity contribution in [2.75, 3.05) is 37.7 Å². The molecule has 24 heavy (non-hydrogen) atoms. The molecule has 0 saturated carbocycles. The van der Waals surface area contributed by atoms with E-state index in [0.29, 0.717) is 13.0 Å². The first kappa shape index (κ1) is 15.6. The van der Waals surface area contributed by atoms with Crippen molar-refractivity contribution in [2.45, 2.75) is 26.2 Å². The molecule has 0 aromatic heterocycles. The highest BCUT2D eigenvalue weighted by Crippen LogP contribution is 2.39. The van der Waals surface area contributed by atoms with Crippen LogP contribution in [0.1, 0.15) is 24.8 Å². The second kappa shape index (κ2) is 5.88. The lowest BCUT2D eigenvalue weighted by Crippen LogP contribution is -2.40. The van der Waals surface area contributed by atoms with Gasteiger partial charge in [-0.2, -0.15) is 0 Å². The second-order valence-electron chi connectivity index (χ2n) is 7.48. The summed E-state index contributed by atoms with van der Waals surface area (Å²) in [5.74, 6) is -0.547. The molecule has 0 unspecified atom stereocenters. The van der Waals surface area contributed by atoms with Crippen LogP contribution in [0.3, 0.4) is 0 Å². The molecule has 1 aromatic carbocycles. The van der Waals surface area contributed by atoms with Crippen LogP contribution in [0, 0.1) is 18.3 Å². The summed E-state index contributed by atoms with van der Waals surface area (Å²) in [4.78, 5) is 29.3. The Kier molecular flexibility index (Phi) is 3.83. The van der Waals surface area contributed by atoms with Gasteiger partial charge in [-0.15, -0.1) is 0 Å². The Hall–Kier alpha value is -1.88. The van der Waals surface area contributed by atoms with Crippen LogP contribution in [-0.4, -0.2) is 49.6 Å². The van der Waals surface area contributed by atoms with E-state index in [-0.39, 0.29) is 17.2 Å². The van der Waals surface area contributed by atoms with Gasteiger partial charge in [0.15, 0.2) is 0 Å². The molecule has 0 bridgehead atoms. The number of ether oxygens (including phenoxy) is 1. The van der Waals surface area contributed by atoms with Crippen molar-refractivity contribution in [3.63, 3.8) is 0 Å². The summed E-state index contributed by atoms with van der Waals surface area (Å²) in [5.41, 5.74) is 2.20. The number of anilines is 1. The Labute approximate surface area is 142 Å². The van der Waals surface area contributed by atoms with E-state index in [1.807, 2.05) is 36.1 Å². The average molecular weight is 328 g/mol. The zero-order valence-corrected chi connectivity index (χ0v) is 14.2. The Morgan fingerprint density at radius 3 is 2.71 bits per heavy atom. The van der Waals surface area contributed by atoms with Crippen LogP contribution >= 0.6 is 0 Å². The van der Waals surface area contributed by atoms with Gasteiger partial charge in [0.25, 0.3) is 0 Å². The maximum atomic E-state index is 12.9. The fourth-order valence-corrected chi connectivity index (χ4v) is 4.21. The Balaban J connectivity index is 1.44. The Bertz CT molecular complexity index is 649. The van der Waals surface area contributed by atoms with Crippen LogP contribution in [0.25, 0.3) is 0 Å². The SMILES string of the molecule is Cc1ccc(N2CC[C@@H](C(=O)N3CC[C@]4(CCOC4)C3)C2=O)cc1. The highest BCUT2D eigenvalue weighted by molar-refractivity contribution is 6.09. The van der Waals surface area contributed by atoms with Gasteiger partial charge >= 0.3 is 0 Å². The topological polar surface area (TPSA) is 49.9 Å². The summed E-state index contributed by atoms with van der Waals surface area (Å²) in [6.07, 6.45) is 2.65. The first-order chi connectivity index (χ1) is 11.6. The van der Waals surface area contributed by atoms with Gasteiger partial charge in [0, 0.05) is 37.3 Å². The number of hydrogen-bond donors (Lipinski definition) is 0. The van der Waals surface area contributed by atoms with Crippen LogP contribution in [0.2, 0.25) is 0 Å². The number of nitrogens with zero attached hydrogens (tertiary/aromatic N) is 2. The van der Waals surface area contributed by atoms with E-state index in [9.17, 15) is 9.59 Å². The van der Waals surface area contributed by atoms with Crippen LogP contribution < -0.4 is 4.90 Å². The number of carbonyl (C=O) groups excluding carboxylic acids is 2. The predicted molar refractivity (Wildman–Crippen MR) is 90.7 cm³/mol. The van der Waals surface area contributed by atoms with E-state index in [2.05, 4.69) is 0 Å². The minimum atomic E-state index is -0.510. The largest absolute Gasteiger partial charge is 0.381 e. The van der Waals surface area contributed by atoms with Crippen molar-refractivity contribution in [1.29, 1.82) is 0 Å². The predicted octanol–water partition coefficient (Wildman–Crippen LogP) is 1.99. The van der Waals surface area contributed by atoms with Gasteiger partial charge < -0.3 is 14.5 Å². The number of likely N-dealkylation sites (tertiary alicyclic amines) is 1. The quantitative estimate of drug-likeness (QED) is 0.780. The zero-order valence-electron chi connectivity index (χ0n) is 14.2. The van der Waals surface area contributed by atoms with Crippen LogP contribution in [0.4, 0.5) is 5.69 Å². The highest BCUT2D eigenvalue weighted by atomic mass is 16.5. The molecule has 3 aliphatic heterocycles. The van der Waals surface area contributed by atoms with Gasteiger partial charge in [-0.05, 0) is 38.3 Å². The number of hydrogen-bond acceptors (Lipinski definition) is 3. The van der Waals surface area contributed by atoms with E-state index in [1.54, 1.807) is 4.90 Å². The number of carbonyl (C=O) groups is 2. The summed E-state index contributed by atoms with van der Waals surface area (Å²) < 4.78 is 5.53. The van der Waals surface area contributed by atoms with E-state index in [1.165, 1.54) is 5.56 Å². The molecule has 2 atom stereocenters. The molecule has 3 saturated heterocycles. The fraction of sp³-hybridized carbons (Fsp3) is 0.579. The molecule has 1 aromatic rings. The fourth-order valence-electron chi connectivity index (χ4n) is 4.21. The summed E-state index contributed by atoms with van der Waals surface area (Å²) in [6, 6.07) is 7.92.